The summed E-state index contributed by atoms with van der Waals surface area (Å²) >= 11 is 1.46. The fourth-order valence-electron chi connectivity index (χ4n) is 8.64. The van der Waals surface area contributed by atoms with Crippen LogP contribution in [0.5, 0.6) is 0 Å². The van der Waals surface area contributed by atoms with Crippen LogP contribution in [0.4, 0.5) is 0 Å². The molecule has 0 spiro atoms. The Bertz CT molecular complexity index is 2260. The van der Waals surface area contributed by atoms with Crippen LogP contribution < -0.4 is 10.7 Å². The van der Waals surface area contributed by atoms with Crippen molar-refractivity contribution in [1.82, 2.24) is 30.3 Å². The smallest absolute Gasteiger partial charge is 0.324 e. The molecule has 7 rings (SSSR count). The van der Waals surface area contributed by atoms with Gasteiger partial charge < -0.3 is 19.4 Å². The second-order valence-electron chi connectivity index (χ2n) is 16.4. The van der Waals surface area contributed by atoms with Crippen LogP contribution in [-0.2, 0) is 43.2 Å². The summed E-state index contributed by atoms with van der Waals surface area (Å²) < 4.78 is 14.2. The minimum Gasteiger partial charge on any atom is -0.464 e. The van der Waals surface area contributed by atoms with Crippen molar-refractivity contribution >= 4 is 51.8 Å². The molecule has 4 aromatic rings. The Morgan fingerprint density at radius 1 is 1.26 bits per heavy atom. The third-order valence-corrected chi connectivity index (χ3v) is 12.6. The Kier molecular flexibility index (Phi) is 12.1. The lowest BCUT2D eigenvalue weighted by Gasteiger charge is -2.35. The van der Waals surface area contributed by atoms with E-state index >= 15 is 0 Å². The van der Waals surface area contributed by atoms with Crippen LogP contribution in [0.3, 0.4) is 0 Å². The summed E-state index contributed by atoms with van der Waals surface area (Å²) in [7, 11) is 1.68. The van der Waals surface area contributed by atoms with Gasteiger partial charge in [0.15, 0.2) is 0 Å². The minimum absolute atomic E-state index is 0.0196. The number of hydrogen-bond donors (Lipinski definition) is 2. The number of nitrogens with zero attached hydrogens (tertiary/aromatic N) is 5. The van der Waals surface area contributed by atoms with Gasteiger partial charge in [0.05, 0.1) is 34.8 Å². The van der Waals surface area contributed by atoms with Crippen LogP contribution in [-0.4, -0.2) is 82.0 Å². The lowest BCUT2D eigenvalue weighted by atomic mass is 9.84. The summed E-state index contributed by atoms with van der Waals surface area (Å²) in [4.78, 5) is 56.4. The predicted octanol–water partition coefficient (Wildman–Crippen LogP) is 6.90. The Balaban J connectivity index is 1.32. The summed E-state index contributed by atoms with van der Waals surface area (Å²) in [5, 5.41) is 8.37. The third kappa shape index (κ3) is 8.17. The minimum atomic E-state index is -0.905. The maximum atomic E-state index is 14.4. The molecule has 6 atom stereocenters. The van der Waals surface area contributed by atoms with Crippen molar-refractivity contribution in [2.45, 2.75) is 97.9 Å². The normalized spacial score (nSPS) is 24.5. The van der Waals surface area contributed by atoms with Crippen LogP contribution >= 0.6 is 11.3 Å². The molecular weight excluding hydrogens is 751 g/mol. The van der Waals surface area contributed by atoms with Crippen LogP contribution in [0.25, 0.3) is 27.7 Å². The van der Waals surface area contributed by atoms with Crippen LogP contribution in [0.2, 0.25) is 0 Å². The average molecular weight is 806 g/mol. The van der Waals surface area contributed by atoms with Crippen molar-refractivity contribution in [3.05, 3.63) is 88.3 Å². The number of methoxy groups -OCH3 is 1. The van der Waals surface area contributed by atoms with Crippen molar-refractivity contribution in [3.63, 3.8) is 0 Å². The zero-order valence-electron chi connectivity index (χ0n) is 34.6. The Morgan fingerprint density at radius 2 is 2.07 bits per heavy atom. The molecule has 2 aliphatic heterocycles. The summed E-state index contributed by atoms with van der Waals surface area (Å²) in [6.07, 6.45) is 6.98. The number of carbonyl (C=O) groups excluding carboxylic acids is 3. The molecule has 1 aromatic carbocycles. The molecule has 2 fully saturated rings. The highest BCUT2D eigenvalue weighted by molar-refractivity contribution is 7.10. The number of aryl methyl sites for hydroxylation is 1. The number of esters is 1. The molecule has 2 amide bonds. The molecule has 0 unspecified atom stereocenters. The maximum Gasteiger partial charge on any atom is 0.324 e. The lowest BCUT2D eigenvalue weighted by Crippen LogP contribution is -2.60. The number of hydrazine groups is 1. The number of thiazole rings is 1. The molecule has 58 heavy (non-hydrogen) atoms. The molecule has 3 aromatic heterocycles. The molecule has 5 heterocycles. The van der Waals surface area contributed by atoms with E-state index in [0.717, 1.165) is 50.4 Å². The van der Waals surface area contributed by atoms with E-state index in [1.165, 1.54) is 16.3 Å². The van der Waals surface area contributed by atoms with Gasteiger partial charge in [-0.2, -0.15) is 0 Å². The van der Waals surface area contributed by atoms with E-state index in [1.54, 1.807) is 19.5 Å². The fourth-order valence-corrected chi connectivity index (χ4v) is 9.49. The number of ether oxygens (including phenoxy) is 2. The topological polar surface area (TPSA) is 140 Å². The van der Waals surface area contributed by atoms with E-state index in [2.05, 4.69) is 65.8 Å². The maximum absolute atomic E-state index is 14.4. The van der Waals surface area contributed by atoms with Gasteiger partial charge in [-0.05, 0) is 75.8 Å². The number of benzene rings is 1. The highest BCUT2D eigenvalue weighted by atomic mass is 32.1. The number of hydrogen-bond acceptors (Lipinski definition) is 10. The van der Waals surface area contributed by atoms with Gasteiger partial charge in [0.25, 0.3) is 5.91 Å². The number of allylic oxidation sites excluding steroid dienone is 2. The first-order valence-corrected chi connectivity index (χ1v) is 21.2. The molecule has 1 saturated carbocycles. The van der Waals surface area contributed by atoms with Gasteiger partial charge >= 0.3 is 5.97 Å². The first-order valence-electron chi connectivity index (χ1n) is 20.3. The van der Waals surface area contributed by atoms with E-state index < -0.39 is 23.5 Å². The first-order chi connectivity index (χ1) is 27.9. The Hall–Kier alpha value is -4.98. The van der Waals surface area contributed by atoms with E-state index in [4.69, 9.17) is 19.5 Å². The highest BCUT2D eigenvalue weighted by Crippen LogP contribution is 2.53. The number of carbonyl (C=O) groups is 3. The van der Waals surface area contributed by atoms with Gasteiger partial charge in [0, 0.05) is 89.4 Å². The van der Waals surface area contributed by atoms with Gasteiger partial charge in [-0.1, -0.05) is 45.6 Å². The van der Waals surface area contributed by atoms with Gasteiger partial charge in [-0.25, -0.2) is 10.4 Å². The van der Waals surface area contributed by atoms with Gasteiger partial charge in [-0.15, -0.1) is 11.3 Å². The van der Waals surface area contributed by atoms with E-state index in [-0.39, 0.29) is 48.7 Å². The van der Waals surface area contributed by atoms with Crippen LogP contribution in [0.1, 0.15) is 82.3 Å². The highest BCUT2D eigenvalue weighted by Gasteiger charge is 2.54. The summed E-state index contributed by atoms with van der Waals surface area (Å²) in [6, 6.07) is 10.5. The predicted molar refractivity (Wildman–Crippen MR) is 228 cm³/mol. The van der Waals surface area contributed by atoms with Crippen molar-refractivity contribution in [2.24, 2.45) is 22.2 Å². The second kappa shape index (κ2) is 17.1. The molecule has 1 aliphatic carbocycles. The van der Waals surface area contributed by atoms with Gasteiger partial charge in [0.2, 0.25) is 5.91 Å². The van der Waals surface area contributed by atoms with Gasteiger partial charge in [0.1, 0.15) is 12.1 Å². The van der Waals surface area contributed by atoms with Gasteiger partial charge in [-0.3, -0.25) is 29.4 Å². The number of aromatic nitrogens is 3. The zero-order chi connectivity index (χ0) is 41.3. The standard InChI is InChI=1S/C45H55N7O5S/c1-9-29(40(46-10-2)27(5)56-8)41-31-23-45(6,7)25-57-44(55)33-16-14-20-52(50-33)43(54)34(49-42(53)39-26(4)38(39)32-15-12-13-19-47-32)22-37-48-35(24-58-37)28-17-18-36(30(31)21-28)51(41)11-3/h9-10,12-13,15,17-19,21,24,26-27,33-34,38-39,50H,1,11,14,16,20,22-23,25H2,2-8H3,(H,49,53)/b40-29+,46-10?/t26-,27+,33+,34+,38-,39-/m1/s1. The Morgan fingerprint density at radius 3 is 2.78 bits per heavy atom. The van der Waals surface area contributed by atoms with Crippen LogP contribution in [0, 0.1) is 17.3 Å². The number of cyclic esters (lactones) is 1. The molecule has 12 nitrogen and oxygen atoms in total. The monoisotopic (exact) mass is 805 g/mol. The molecule has 0 radical (unpaired) electrons. The largest absolute Gasteiger partial charge is 0.464 e. The quantitative estimate of drug-likeness (QED) is 0.106. The van der Waals surface area contributed by atoms with Crippen molar-refractivity contribution in [2.75, 3.05) is 20.3 Å². The molecule has 306 valence electrons. The number of nitrogens with one attached hydrogen (secondary N) is 2. The molecule has 2 N–H and O–H groups in total. The second-order valence-corrected chi connectivity index (χ2v) is 17.3. The van der Waals surface area contributed by atoms with E-state index in [9.17, 15) is 14.4 Å². The van der Waals surface area contributed by atoms with E-state index in [0.29, 0.717) is 37.4 Å². The zero-order valence-corrected chi connectivity index (χ0v) is 35.4. The number of pyridine rings is 1. The number of aliphatic imine (C=N–C) groups is 1. The summed E-state index contributed by atoms with van der Waals surface area (Å²) in [5.74, 6) is -1.16. The first kappa shape index (κ1) is 41.2. The summed E-state index contributed by atoms with van der Waals surface area (Å²) in [5.41, 5.74) is 10.1. The third-order valence-electron chi connectivity index (χ3n) is 11.8. The molecular formula is C45H55N7O5S. The van der Waals surface area contributed by atoms with Crippen molar-refractivity contribution < 1.29 is 23.9 Å². The average Bonchev–Trinajstić information content (AvgIpc) is 3.53. The molecule has 13 heteroatoms. The Labute approximate surface area is 344 Å². The van der Waals surface area contributed by atoms with E-state index in [1.807, 2.05) is 50.4 Å². The summed E-state index contributed by atoms with van der Waals surface area (Å²) in [6.45, 7) is 17.7. The SMILES string of the molecule is C=C/C(=C(\N=CC)[C@H](C)OC)c1c2c3cc(ccc3n1CC)-c1csc(n1)C[C@H](NC(=O)[C@@H]1[C@H](C)[C@@H]1c1ccccn1)C(=O)N1CCC[C@H](N1)C(=O)OCC(C)(C)C2. The lowest BCUT2D eigenvalue weighted by molar-refractivity contribution is -0.155. The number of fused-ring (bicyclic) bond motifs is 6. The molecule has 1 saturated heterocycles. The fraction of sp³-hybridized carbons (Fsp3) is 0.467. The molecule has 6 bridgehead atoms. The number of rotatable bonds is 9. The number of amides is 2. The van der Waals surface area contributed by atoms with Crippen molar-refractivity contribution in [3.8, 4) is 11.3 Å². The van der Waals surface area contributed by atoms with Crippen molar-refractivity contribution in [1.29, 1.82) is 0 Å². The van der Waals surface area contributed by atoms with Crippen LogP contribution in [0.15, 0.2) is 71.3 Å². The molecule has 3 aliphatic rings.